The summed E-state index contributed by atoms with van der Waals surface area (Å²) in [6.07, 6.45) is 1.15. The zero-order valence-electron chi connectivity index (χ0n) is 9.16. The Bertz CT molecular complexity index is 205. The number of nitrogens with two attached hydrogens (primary N) is 1. The van der Waals surface area contributed by atoms with Crippen molar-refractivity contribution in [2.24, 2.45) is 5.73 Å². The van der Waals surface area contributed by atoms with Crippen LogP contribution < -0.4 is 5.73 Å². The molecule has 0 aromatic rings. The lowest BCUT2D eigenvalue weighted by molar-refractivity contribution is -0.128. The second-order valence-corrected chi connectivity index (χ2v) is 5.30. The molecule has 0 radical (unpaired) electrons. The van der Waals surface area contributed by atoms with Gasteiger partial charge in [-0.3, -0.25) is 9.00 Å². The van der Waals surface area contributed by atoms with E-state index in [0.29, 0.717) is 24.3 Å². The van der Waals surface area contributed by atoms with Gasteiger partial charge in [-0.05, 0) is 13.3 Å². The van der Waals surface area contributed by atoms with Gasteiger partial charge in [0.05, 0.1) is 0 Å². The first-order valence-electron chi connectivity index (χ1n) is 4.74. The van der Waals surface area contributed by atoms with Gasteiger partial charge < -0.3 is 10.6 Å². The van der Waals surface area contributed by atoms with Crippen molar-refractivity contribution in [2.45, 2.75) is 25.8 Å². The van der Waals surface area contributed by atoms with E-state index in [4.69, 9.17) is 5.73 Å². The molecule has 0 aliphatic carbocycles. The van der Waals surface area contributed by atoms with E-state index in [2.05, 4.69) is 0 Å². The highest BCUT2D eigenvalue weighted by molar-refractivity contribution is 7.85. The molecule has 0 aromatic heterocycles. The van der Waals surface area contributed by atoms with Gasteiger partial charge in [-0.25, -0.2) is 0 Å². The van der Waals surface area contributed by atoms with Crippen molar-refractivity contribution in [3.05, 3.63) is 0 Å². The molecular formula is C9H20N2O2S. The molecule has 2 unspecified atom stereocenters. The van der Waals surface area contributed by atoms with Crippen LogP contribution in [0.5, 0.6) is 0 Å². The molecule has 0 bridgehead atoms. The SMILES string of the molecule is CC(N)CS(=O)CCCC(=O)N(C)C. The second-order valence-electron chi connectivity index (χ2n) is 3.68. The van der Waals surface area contributed by atoms with Crippen molar-refractivity contribution in [1.82, 2.24) is 4.90 Å². The summed E-state index contributed by atoms with van der Waals surface area (Å²) in [5.41, 5.74) is 5.50. The minimum Gasteiger partial charge on any atom is -0.349 e. The maximum absolute atomic E-state index is 11.3. The number of rotatable bonds is 6. The van der Waals surface area contributed by atoms with E-state index in [0.717, 1.165) is 0 Å². The molecule has 2 N–H and O–H groups in total. The van der Waals surface area contributed by atoms with Crippen LogP contribution >= 0.6 is 0 Å². The summed E-state index contributed by atoms with van der Waals surface area (Å²) in [6, 6.07) is -0.0274. The maximum atomic E-state index is 11.3. The van der Waals surface area contributed by atoms with E-state index >= 15 is 0 Å². The van der Waals surface area contributed by atoms with E-state index in [1.54, 1.807) is 19.0 Å². The molecule has 84 valence electrons. The predicted molar refractivity (Wildman–Crippen MR) is 59.5 cm³/mol. The summed E-state index contributed by atoms with van der Waals surface area (Å²) in [5, 5.41) is 0. The molecular weight excluding hydrogens is 200 g/mol. The molecule has 0 heterocycles. The van der Waals surface area contributed by atoms with Crippen molar-refractivity contribution in [3.8, 4) is 0 Å². The molecule has 0 aromatic carbocycles. The average molecular weight is 220 g/mol. The smallest absolute Gasteiger partial charge is 0.222 e. The first-order chi connectivity index (χ1) is 6.43. The van der Waals surface area contributed by atoms with E-state index in [1.807, 2.05) is 6.92 Å². The number of hydrogen-bond acceptors (Lipinski definition) is 3. The van der Waals surface area contributed by atoms with Gasteiger partial charge in [0.25, 0.3) is 0 Å². The molecule has 14 heavy (non-hydrogen) atoms. The zero-order chi connectivity index (χ0) is 11.1. The molecule has 2 atom stereocenters. The molecule has 1 amide bonds. The molecule has 0 spiro atoms. The minimum absolute atomic E-state index is 0.0274. The van der Waals surface area contributed by atoms with E-state index in [9.17, 15) is 9.00 Å². The molecule has 0 saturated carbocycles. The Morgan fingerprint density at radius 1 is 1.50 bits per heavy atom. The lowest BCUT2D eigenvalue weighted by atomic mass is 10.3. The largest absolute Gasteiger partial charge is 0.349 e. The fourth-order valence-electron chi connectivity index (χ4n) is 0.985. The summed E-state index contributed by atoms with van der Waals surface area (Å²) < 4.78 is 11.3. The summed E-state index contributed by atoms with van der Waals surface area (Å²) in [4.78, 5) is 12.7. The summed E-state index contributed by atoms with van der Waals surface area (Å²) in [5.74, 6) is 1.18. The Kier molecular flexibility index (Phi) is 6.74. The fraction of sp³-hybridized carbons (Fsp3) is 0.889. The van der Waals surface area contributed by atoms with Gasteiger partial charge in [-0.1, -0.05) is 0 Å². The van der Waals surface area contributed by atoms with Crippen LogP contribution in [0.15, 0.2) is 0 Å². The van der Waals surface area contributed by atoms with Crippen LogP contribution in [0.1, 0.15) is 19.8 Å². The quantitative estimate of drug-likeness (QED) is 0.682. The standard InChI is InChI=1S/C9H20N2O2S/c1-8(10)7-14(13)6-4-5-9(12)11(2)3/h8H,4-7,10H2,1-3H3. The van der Waals surface area contributed by atoms with Crippen molar-refractivity contribution >= 4 is 16.7 Å². The molecule has 0 saturated heterocycles. The van der Waals surface area contributed by atoms with Gasteiger partial charge in [-0.2, -0.15) is 0 Å². The van der Waals surface area contributed by atoms with Crippen molar-refractivity contribution in [3.63, 3.8) is 0 Å². The van der Waals surface area contributed by atoms with E-state index in [1.165, 1.54) is 0 Å². The van der Waals surface area contributed by atoms with Gasteiger partial charge in [0.15, 0.2) is 0 Å². The van der Waals surface area contributed by atoms with Crippen molar-refractivity contribution in [1.29, 1.82) is 0 Å². The van der Waals surface area contributed by atoms with Crippen LogP contribution in [-0.2, 0) is 15.6 Å². The molecule has 5 heteroatoms. The van der Waals surface area contributed by atoms with Crippen LogP contribution in [0.4, 0.5) is 0 Å². The zero-order valence-corrected chi connectivity index (χ0v) is 9.97. The fourth-order valence-corrected chi connectivity index (χ4v) is 2.20. The number of nitrogens with zero attached hydrogens (tertiary/aromatic N) is 1. The highest BCUT2D eigenvalue weighted by Gasteiger charge is 2.06. The topological polar surface area (TPSA) is 63.4 Å². The van der Waals surface area contributed by atoms with Gasteiger partial charge in [-0.15, -0.1) is 0 Å². The molecule has 0 rings (SSSR count). The Morgan fingerprint density at radius 2 is 2.07 bits per heavy atom. The van der Waals surface area contributed by atoms with Crippen LogP contribution in [-0.4, -0.2) is 46.7 Å². The lowest BCUT2D eigenvalue weighted by Crippen LogP contribution is -2.25. The maximum Gasteiger partial charge on any atom is 0.222 e. The highest BCUT2D eigenvalue weighted by atomic mass is 32.2. The van der Waals surface area contributed by atoms with Gasteiger partial charge in [0.1, 0.15) is 0 Å². The van der Waals surface area contributed by atoms with Gasteiger partial charge >= 0.3 is 0 Å². The Hall–Kier alpha value is -0.420. The number of carbonyl (C=O) groups is 1. The lowest BCUT2D eigenvalue weighted by Gasteiger charge is -2.09. The molecule has 0 aliphatic rings. The molecule has 0 fully saturated rings. The summed E-state index contributed by atoms with van der Waals surface area (Å²) in [7, 11) is 2.57. The second kappa shape index (κ2) is 6.95. The van der Waals surface area contributed by atoms with Crippen LogP contribution in [0.3, 0.4) is 0 Å². The first kappa shape index (κ1) is 13.6. The van der Waals surface area contributed by atoms with Crippen LogP contribution in [0, 0.1) is 0 Å². The monoisotopic (exact) mass is 220 g/mol. The summed E-state index contributed by atoms with van der Waals surface area (Å²) in [6.45, 7) is 1.84. The molecule has 0 aliphatic heterocycles. The Morgan fingerprint density at radius 3 is 2.50 bits per heavy atom. The summed E-state index contributed by atoms with van der Waals surface area (Å²) >= 11 is 0. The third-order valence-corrected chi connectivity index (χ3v) is 3.35. The highest BCUT2D eigenvalue weighted by Crippen LogP contribution is 1.97. The Labute approximate surface area is 88.3 Å². The van der Waals surface area contributed by atoms with Gasteiger partial charge in [0, 0.05) is 48.9 Å². The first-order valence-corrected chi connectivity index (χ1v) is 6.23. The number of amides is 1. The predicted octanol–water partition coefficient (Wildman–Crippen LogP) is -0.0493. The van der Waals surface area contributed by atoms with E-state index in [-0.39, 0.29) is 11.9 Å². The van der Waals surface area contributed by atoms with Gasteiger partial charge in [0.2, 0.25) is 5.91 Å². The molecule has 4 nitrogen and oxygen atoms in total. The Balaban J connectivity index is 3.54. The third kappa shape index (κ3) is 7.03. The van der Waals surface area contributed by atoms with Crippen molar-refractivity contribution in [2.75, 3.05) is 25.6 Å². The number of hydrogen-bond donors (Lipinski definition) is 1. The van der Waals surface area contributed by atoms with Crippen LogP contribution in [0.2, 0.25) is 0 Å². The third-order valence-electron chi connectivity index (χ3n) is 1.71. The number of carbonyl (C=O) groups excluding carboxylic acids is 1. The normalized spacial score (nSPS) is 14.9. The van der Waals surface area contributed by atoms with E-state index < -0.39 is 10.8 Å². The minimum atomic E-state index is -0.876. The van der Waals surface area contributed by atoms with Crippen LogP contribution in [0.25, 0.3) is 0 Å². The average Bonchev–Trinajstić information content (AvgIpc) is 2.02. The van der Waals surface area contributed by atoms with Crippen molar-refractivity contribution < 1.29 is 9.00 Å².